The van der Waals surface area contributed by atoms with Crippen molar-refractivity contribution in [1.82, 2.24) is 5.32 Å². The molecule has 0 bridgehead atoms. The minimum Gasteiger partial charge on any atom is -0.376 e. The highest BCUT2D eigenvalue weighted by atomic mass is 32.1. The first-order valence-electron chi connectivity index (χ1n) is 7.54. The first kappa shape index (κ1) is 15.0. The molecule has 108 valence electrons. The molecular formula is C16H27NOS. The molecule has 0 aromatic carbocycles. The zero-order valence-corrected chi connectivity index (χ0v) is 13.3. The molecule has 1 aromatic rings. The highest BCUT2D eigenvalue weighted by Crippen LogP contribution is 2.43. The Labute approximate surface area is 121 Å². The van der Waals surface area contributed by atoms with Gasteiger partial charge in [-0.3, -0.25) is 0 Å². The third-order valence-corrected chi connectivity index (χ3v) is 5.42. The molecule has 0 spiro atoms. The van der Waals surface area contributed by atoms with E-state index in [4.69, 9.17) is 4.74 Å². The summed E-state index contributed by atoms with van der Waals surface area (Å²) in [6.07, 6.45) is 6.07. The lowest BCUT2D eigenvalue weighted by molar-refractivity contribution is -0.0752. The molecule has 0 amide bonds. The van der Waals surface area contributed by atoms with Gasteiger partial charge in [-0.2, -0.15) is 0 Å². The first-order valence-corrected chi connectivity index (χ1v) is 8.41. The van der Waals surface area contributed by atoms with Gasteiger partial charge in [0.1, 0.15) is 0 Å². The van der Waals surface area contributed by atoms with Crippen LogP contribution in [0.5, 0.6) is 0 Å². The van der Waals surface area contributed by atoms with Crippen LogP contribution in [0.25, 0.3) is 0 Å². The average molecular weight is 281 g/mol. The molecule has 1 unspecified atom stereocenters. The molecule has 1 aliphatic carbocycles. The summed E-state index contributed by atoms with van der Waals surface area (Å²) in [6.45, 7) is 5.64. The molecule has 3 heteroatoms. The molecule has 1 N–H and O–H groups in total. The van der Waals surface area contributed by atoms with E-state index >= 15 is 0 Å². The number of methoxy groups -OCH3 is 1. The van der Waals surface area contributed by atoms with Crippen molar-refractivity contribution >= 4 is 11.3 Å². The van der Waals surface area contributed by atoms with Crippen molar-refractivity contribution in [1.29, 1.82) is 0 Å². The molecule has 1 aromatic heterocycles. The summed E-state index contributed by atoms with van der Waals surface area (Å²) >= 11 is 1.85. The Morgan fingerprint density at radius 2 is 2.21 bits per heavy atom. The second-order valence-corrected chi connectivity index (χ2v) is 6.83. The summed E-state index contributed by atoms with van der Waals surface area (Å²) in [7, 11) is 1.89. The molecule has 1 atom stereocenters. The van der Waals surface area contributed by atoms with Crippen LogP contribution >= 0.6 is 11.3 Å². The van der Waals surface area contributed by atoms with Crippen molar-refractivity contribution in [2.75, 3.05) is 13.7 Å². The van der Waals surface area contributed by atoms with Gasteiger partial charge >= 0.3 is 0 Å². The predicted molar refractivity (Wildman–Crippen MR) is 82.7 cm³/mol. The quantitative estimate of drug-likeness (QED) is 0.835. The van der Waals surface area contributed by atoms with E-state index in [1.807, 2.05) is 18.4 Å². The van der Waals surface area contributed by atoms with Gasteiger partial charge in [0.05, 0.1) is 11.6 Å². The molecule has 1 fully saturated rings. The van der Waals surface area contributed by atoms with Crippen molar-refractivity contribution in [3.05, 3.63) is 22.4 Å². The lowest BCUT2D eigenvalue weighted by Gasteiger charge is -2.44. The second kappa shape index (κ2) is 6.87. The molecule has 2 rings (SSSR count). The molecule has 0 radical (unpaired) electrons. The summed E-state index contributed by atoms with van der Waals surface area (Å²) < 4.78 is 6.05. The van der Waals surface area contributed by atoms with Gasteiger partial charge in [0.15, 0.2) is 0 Å². The predicted octanol–water partition coefficient (Wildman–Crippen LogP) is 4.38. The Hall–Kier alpha value is -0.380. The fraction of sp³-hybridized carbons (Fsp3) is 0.750. The maximum atomic E-state index is 6.05. The molecule has 0 aliphatic heterocycles. The second-order valence-electron chi connectivity index (χ2n) is 5.85. The highest BCUT2D eigenvalue weighted by Gasteiger charge is 2.42. The van der Waals surface area contributed by atoms with Gasteiger partial charge in [0.2, 0.25) is 0 Å². The van der Waals surface area contributed by atoms with E-state index in [-0.39, 0.29) is 5.60 Å². The van der Waals surface area contributed by atoms with Crippen LogP contribution in [0, 0.1) is 5.92 Å². The van der Waals surface area contributed by atoms with E-state index in [2.05, 4.69) is 36.7 Å². The number of rotatable bonds is 6. The van der Waals surface area contributed by atoms with Crippen LogP contribution in [-0.2, 0) is 4.74 Å². The summed E-state index contributed by atoms with van der Waals surface area (Å²) in [5.74, 6) is 0.846. The number of thiophene rings is 1. The lowest BCUT2D eigenvalue weighted by atomic mass is 9.74. The Kier molecular flexibility index (Phi) is 5.43. The third-order valence-electron chi connectivity index (χ3n) is 4.48. The molecule has 1 heterocycles. The zero-order valence-electron chi connectivity index (χ0n) is 12.4. The van der Waals surface area contributed by atoms with Gasteiger partial charge < -0.3 is 10.1 Å². The van der Waals surface area contributed by atoms with E-state index in [1.165, 1.54) is 30.6 Å². The zero-order chi connectivity index (χ0) is 13.7. The van der Waals surface area contributed by atoms with E-state index < -0.39 is 0 Å². The monoisotopic (exact) mass is 281 g/mol. The van der Waals surface area contributed by atoms with Crippen LogP contribution in [0.1, 0.15) is 56.9 Å². The molecule has 1 saturated carbocycles. The Balaban J connectivity index is 2.19. The van der Waals surface area contributed by atoms with Crippen LogP contribution in [0.2, 0.25) is 0 Å². The van der Waals surface area contributed by atoms with Gasteiger partial charge in [-0.15, -0.1) is 11.3 Å². The van der Waals surface area contributed by atoms with E-state index in [0.717, 1.165) is 18.9 Å². The van der Waals surface area contributed by atoms with Crippen LogP contribution < -0.4 is 5.32 Å². The molecule has 19 heavy (non-hydrogen) atoms. The smallest absolute Gasteiger partial charge is 0.0880 e. The molecule has 2 nitrogen and oxygen atoms in total. The first-order chi connectivity index (χ1) is 9.22. The molecule has 0 saturated heterocycles. The van der Waals surface area contributed by atoms with Crippen LogP contribution in [-0.4, -0.2) is 19.3 Å². The maximum absolute atomic E-state index is 6.05. The average Bonchev–Trinajstić information content (AvgIpc) is 2.95. The Morgan fingerprint density at radius 3 is 2.74 bits per heavy atom. The van der Waals surface area contributed by atoms with Crippen molar-refractivity contribution in [3.8, 4) is 0 Å². The van der Waals surface area contributed by atoms with Crippen LogP contribution in [0.3, 0.4) is 0 Å². The van der Waals surface area contributed by atoms with Crippen LogP contribution in [0.15, 0.2) is 17.5 Å². The molecular weight excluding hydrogens is 254 g/mol. The van der Waals surface area contributed by atoms with Crippen molar-refractivity contribution in [3.63, 3.8) is 0 Å². The fourth-order valence-electron chi connectivity index (χ4n) is 3.15. The minimum atomic E-state index is -0.00741. The van der Waals surface area contributed by atoms with Crippen molar-refractivity contribution in [2.24, 2.45) is 5.92 Å². The van der Waals surface area contributed by atoms with Crippen molar-refractivity contribution in [2.45, 2.75) is 57.6 Å². The van der Waals surface area contributed by atoms with E-state index in [1.54, 1.807) is 0 Å². The number of nitrogens with one attached hydrogen (secondary N) is 1. The van der Waals surface area contributed by atoms with E-state index in [0.29, 0.717) is 6.04 Å². The van der Waals surface area contributed by atoms with Crippen LogP contribution in [0.4, 0.5) is 0 Å². The lowest BCUT2D eigenvalue weighted by Crippen LogP contribution is -2.47. The van der Waals surface area contributed by atoms with Gasteiger partial charge in [0.25, 0.3) is 0 Å². The van der Waals surface area contributed by atoms with Gasteiger partial charge in [-0.05, 0) is 56.0 Å². The summed E-state index contributed by atoms with van der Waals surface area (Å²) in [5.41, 5.74) is -0.00741. The Bertz CT molecular complexity index is 355. The molecule has 1 aliphatic rings. The number of hydrogen-bond acceptors (Lipinski definition) is 3. The minimum absolute atomic E-state index is 0.00741. The standard InChI is InChI=1S/C16H27NOS/c1-4-11-17-15(14-6-5-12-19-14)16(18-3)9-7-13(2)8-10-16/h5-6,12-13,15,17H,4,7-11H2,1-3H3. The topological polar surface area (TPSA) is 21.3 Å². The van der Waals surface area contributed by atoms with Gasteiger partial charge in [-0.25, -0.2) is 0 Å². The maximum Gasteiger partial charge on any atom is 0.0880 e. The SMILES string of the molecule is CCCNC(c1cccs1)C1(OC)CCC(C)CC1. The van der Waals surface area contributed by atoms with Crippen molar-refractivity contribution < 1.29 is 4.74 Å². The largest absolute Gasteiger partial charge is 0.376 e. The van der Waals surface area contributed by atoms with Gasteiger partial charge in [-0.1, -0.05) is 19.9 Å². The number of hydrogen-bond donors (Lipinski definition) is 1. The normalized spacial score (nSPS) is 29.3. The third kappa shape index (κ3) is 3.39. The van der Waals surface area contributed by atoms with E-state index in [9.17, 15) is 0 Å². The number of ether oxygens (including phenoxy) is 1. The van der Waals surface area contributed by atoms with Gasteiger partial charge in [0, 0.05) is 12.0 Å². The summed E-state index contributed by atoms with van der Waals surface area (Å²) in [6, 6.07) is 4.75. The highest BCUT2D eigenvalue weighted by molar-refractivity contribution is 7.10. The summed E-state index contributed by atoms with van der Waals surface area (Å²) in [5, 5.41) is 5.90. The summed E-state index contributed by atoms with van der Waals surface area (Å²) in [4.78, 5) is 1.42. The fourth-order valence-corrected chi connectivity index (χ4v) is 4.06. The Morgan fingerprint density at radius 1 is 1.47 bits per heavy atom.